The van der Waals surface area contributed by atoms with Crippen LogP contribution >= 0.6 is 0 Å². The molecular weight excluding hydrogens is 267 g/mol. The summed E-state index contributed by atoms with van der Waals surface area (Å²) in [5, 5.41) is 11.4. The third kappa shape index (κ3) is 3.74. The highest BCUT2D eigenvalue weighted by atomic mass is 19.1. The molecule has 1 aromatic carbocycles. The number of nitrogens with one attached hydrogen (secondary N) is 1. The standard InChI is InChI=1S/C16H19FN4/c17-13-9-7-12(8-10-13)15-11-18-21-16(20-15)19-14-5-3-1-2-4-6-14/h7-11,14H,1-6H2,(H,19,20,21). The van der Waals surface area contributed by atoms with Crippen LogP contribution < -0.4 is 5.32 Å². The Labute approximate surface area is 123 Å². The molecule has 0 amide bonds. The Kier molecular flexibility index (Phi) is 4.38. The van der Waals surface area contributed by atoms with E-state index in [1.807, 2.05) is 0 Å². The molecule has 0 saturated heterocycles. The van der Waals surface area contributed by atoms with Crippen LogP contribution in [-0.2, 0) is 0 Å². The van der Waals surface area contributed by atoms with Crippen molar-refractivity contribution in [3.05, 3.63) is 36.3 Å². The second kappa shape index (κ2) is 6.61. The lowest BCUT2D eigenvalue weighted by Crippen LogP contribution is -2.20. The summed E-state index contributed by atoms with van der Waals surface area (Å²) in [6.07, 6.45) is 9.05. The quantitative estimate of drug-likeness (QED) is 0.872. The van der Waals surface area contributed by atoms with Crippen molar-refractivity contribution in [2.24, 2.45) is 0 Å². The van der Waals surface area contributed by atoms with Gasteiger partial charge in [-0.3, -0.25) is 0 Å². The van der Waals surface area contributed by atoms with Crippen LogP contribution in [0.4, 0.5) is 10.3 Å². The van der Waals surface area contributed by atoms with Crippen molar-refractivity contribution in [3.8, 4) is 11.3 Å². The van der Waals surface area contributed by atoms with E-state index in [-0.39, 0.29) is 5.82 Å². The number of benzene rings is 1. The number of hydrogen-bond donors (Lipinski definition) is 1. The molecule has 0 unspecified atom stereocenters. The van der Waals surface area contributed by atoms with E-state index < -0.39 is 0 Å². The van der Waals surface area contributed by atoms with E-state index in [0.717, 1.165) is 18.4 Å². The average molecular weight is 286 g/mol. The number of hydrogen-bond acceptors (Lipinski definition) is 4. The fourth-order valence-corrected chi connectivity index (χ4v) is 2.73. The van der Waals surface area contributed by atoms with E-state index in [1.54, 1.807) is 18.3 Å². The van der Waals surface area contributed by atoms with Crippen LogP contribution in [0.1, 0.15) is 38.5 Å². The Morgan fingerprint density at radius 1 is 1.00 bits per heavy atom. The van der Waals surface area contributed by atoms with Gasteiger partial charge in [0.15, 0.2) is 0 Å². The molecule has 2 aromatic rings. The number of nitrogens with zero attached hydrogens (tertiary/aromatic N) is 3. The van der Waals surface area contributed by atoms with E-state index in [1.165, 1.54) is 37.8 Å². The molecule has 1 fully saturated rings. The number of anilines is 1. The Hall–Kier alpha value is -2.04. The summed E-state index contributed by atoms with van der Waals surface area (Å²) >= 11 is 0. The fraction of sp³-hybridized carbons (Fsp3) is 0.438. The molecule has 0 bridgehead atoms. The maximum atomic E-state index is 13.0. The first-order valence-electron chi connectivity index (χ1n) is 7.53. The first-order valence-corrected chi connectivity index (χ1v) is 7.53. The van der Waals surface area contributed by atoms with E-state index in [9.17, 15) is 4.39 Å². The van der Waals surface area contributed by atoms with Crippen LogP contribution in [0, 0.1) is 5.82 Å². The van der Waals surface area contributed by atoms with Gasteiger partial charge in [0.05, 0.1) is 11.9 Å². The van der Waals surface area contributed by atoms with Gasteiger partial charge >= 0.3 is 0 Å². The van der Waals surface area contributed by atoms with E-state index in [4.69, 9.17) is 0 Å². The molecule has 0 radical (unpaired) electrons. The molecule has 1 aromatic heterocycles. The molecule has 1 saturated carbocycles. The van der Waals surface area contributed by atoms with Crippen molar-refractivity contribution in [2.45, 2.75) is 44.6 Å². The van der Waals surface area contributed by atoms with E-state index in [0.29, 0.717) is 17.7 Å². The second-order valence-corrected chi connectivity index (χ2v) is 5.50. The first-order chi connectivity index (χ1) is 10.3. The Balaban J connectivity index is 1.74. The summed E-state index contributed by atoms with van der Waals surface area (Å²) in [6, 6.07) is 6.69. The Morgan fingerprint density at radius 2 is 1.71 bits per heavy atom. The Morgan fingerprint density at radius 3 is 2.43 bits per heavy atom. The number of halogens is 1. The maximum absolute atomic E-state index is 13.0. The lowest BCUT2D eigenvalue weighted by Gasteiger charge is -2.15. The normalized spacial score (nSPS) is 16.4. The molecule has 0 spiro atoms. The van der Waals surface area contributed by atoms with Gasteiger partial charge in [0, 0.05) is 11.6 Å². The predicted octanol–water partition coefficient (Wildman–Crippen LogP) is 3.81. The number of rotatable bonds is 3. The van der Waals surface area contributed by atoms with Gasteiger partial charge in [-0.2, -0.15) is 5.10 Å². The zero-order valence-electron chi connectivity index (χ0n) is 11.9. The van der Waals surface area contributed by atoms with Gasteiger partial charge in [-0.1, -0.05) is 25.7 Å². The smallest absolute Gasteiger partial charge is 0.243 e. The molecule has 110 valence electrons. The highest BCUT2D eigenvalue weighted by molar-refractivity contribution is 5.58. The topological polar surface area (TPSA) is 50.7 Å². The van der Waals surface area contributed by atoms with Crippen LogP contribution in [0.25, 0.3) is 11.3 Å². The zero-order valence-corrected chi connectivity index (χ0v) is 11.9. The molecule has 5 heteroatoms. The molecule has 21 heavy (non-hydrogen) atoms. The zero-order chi connectivity index (χ0) is 14.5. The van der Waals surface area contributed by atoms with Crippen LogP contribution in [0.15, 0.2) is 30.5 Å². The van der Waals surface area contributed by atoms with Crippen molar-refractivity contribution >= 4 is 5.95 Å². The van der Waals surface area contributed by atoms with Crippen LogP contribution in [0.2, 0.25) is 0 Å². The van der Waals surface area contributed by atoms with Gasteiger partial charge in [-0.15, -0.1) is 5.10 Å². The summed E-state index contributed by atoms with van der Waals surface area (Å²) in [6.45, 7) is 0. The fourth-order valence-electron chi connectivity index (χ4n) is 2.73. The lowest BCUT2D eigenvalue weighted by molar-refractivity contribution is 0.613. The highest BCUT2D eigenvalue weighted by Crippen LogP contribution is 2.21. The molecule has 4 nitrogen and oxygen atoms in total. The molecule has 0 aliphatic heterocycles. The summed E-state index contributed by atoms with van der Waals surface area (Å²) < 4.78 is 13.0. The molecule has 0 atom stereocenters. The van der Waals surface area contributed by atoms with Crippen LogP contribution in [0.3, 0.4) is 0 Å². The van der Waals surface area contributed by atoms with E-state index in [2.05, 4.69) is 20.5 Å². The first kappa shape index (κ1) is 13.9. The lowest BCUT2D eigenvalue weighted by atomic mass is 10.1. The third-order valence-electron chi connectivity index (χ3n) is 3.89. The maximum Gasteiger partial charge on any atom is 0.243 e. The number of aromatic nitrogens is 3. The molecule has 1 aliphatic rings. The average Bonchev–Trinajstić information content (AvgIpc) is 2.77. The summed E-state index contributed by atoms with van der Waals surface area (Å²) in [4.78, 5) is 4.49. The minimum atomic E-state index is -0.252. The summed E-state index contributed by atoms with van der Waals surface area (Å²) in [5.74, 6) is 0.307. The minimum absolute atomic E-state index is 0.252. The van der Waals surface area contributed by atoms with Crippen molar-refractivity contribution in [1.82, 2.24) is 15.2 Å². The van der Waals surface area contributed by atoms with Crippen molar-refractivity contribution in [2.75, 3.05) is 5.32 Å². The van der Waals surface area contributed by atoms with Crippen molar-refractivity contribution < 1.29 is 4.39 Å². The summed E-state index contributed by atoms with van der Waals surface area (Å²) in [7, 11) is 0. The minimum Gasteiger partial charge on any atom is -0.350 e. The van der Waals surface area contributed by atoms with Crippen molar-refractivity contribution in [3.63, 3.8) is 0 Å². The molecule has 1 aliphatic carbocycles. The van der Waals surface area contributed by atoms with Gasteiger partial charge in [0.2, 0.25) is 5.95 Å². The summed E-state index contributed by atoms with van der Waals surface area (Å²) in [5.41, 5.74) is 1.55. The monoisotopic (exact) mass is 286 g/mol. The SMILES string of the molecule is Fc1ccc(-c2cnnc(NC3CCCCCC3)n2)cc1. The van der Waals surface area contributed by atoms with Gasteiger partial charge < -0.3 is 5.32 Å². The molecule has 3 rings (SSSR count). The van der Waals surface area contributed by atoms with Gasteiger partial charge in [0.1, 0.15) is 5.82 Å². The predicted molar refractivity (Wildman–Crippen MR) is 80.3 cm³/mol. The van der Waals surface area contributed by atoms with Crippen molar-refractivity contribution in [1.29, 1.82) is 0 Å². The largest absolute Gasteiger partial charge is 0.350 e. The van der Waals surface area contributed by atoms with E-state index >= 15 is 0 Å². The van der Waals surface area contributed by atoms with Gasteiger partial charge in [-0.25, -0.2) is 9.37 Å². The van der Waals surface area contributed by atoms with Gasteiger partial charge in [-0.05, 0) is 37.1 Å². The molecule has 1 N–H and O–H groups in total. The van der Waals surface area contributed by atoms with Crippen LogP contribution in [0.5, 0.6) is 0 Å². The second-order valence-electron chi connectivity index (χ2n) is 5.50. The van der Waals surface area contributed by atoms with Gasteiger partial charge in [0.25, 0.3) is 0 Å². The molecular formula is C16H19FN4. The third-order valence-corrected chi connectivity index (χ3v) is 3.89. The Bertz CT molecular complexity index is 577. The molecule has 1 heterocycles. The van der Waals surface area contributed by atoms with Crippen LogP contribution in [-0.4, -0.2) is 21.2 Å². The highest BCUT2D eigenvalue weighted by Gasteiger charge is 2.13.